The lowest BCUT2D eigenvalue weighted by atomic mass is 10.2. The number of halogens is 1. The molecule has 0 saturated carbocycles. The molecule has 16 heavy (non-hydrogen) atoms. The van der Waals surface area contributed by atoms with Crippen LogP contribution in [-0.2, 0) is 0 Å². The van der Waals surface area contributed by atoms with Crippen molar-refractivity contribution in [1.29, 1.82) is 0 Å². The SMILES string of the molecule is NCC(O)c1nc(-c2ccc(Cl)cc2)no1. The van der Waals surface area contributed by atoms with Gasteiger partial charge >= 0.3 is 0 Å². The van der Waals surface area contributed by atoms with Crippen LogP contribution in [0.3, 0.4) is 0 Å². The van der Waals surface area contributed by atoms with Crippen molar-refractivity contribution in [3.8, 4) is 11.4 Å². The summed E-state index contributed by atoms with van der Waals surface area (Å²) in [4.78, 5) is 4.03. The highest BCUT2D eigenvalue weighted by molar-refractivity contribution is 6.30. The molecule has 0 bridgehead atoms. The molecule has 1 aromatic carbocycles. The number of hydrogen-bond acceptors (Lipinski definition) is 5. The molecule has 2 rings (SSSR count). The molecule has 84 valence electrons. The highest BCUT2D eigenvalue weighted by Crippen LogP contribution is 2.20. The second kappa shape index (κ2) is 4.61. The fourth-order valence-electron chi connectivity index (χ4n) is 1.19. The fourth-order valence-corrected chi connectivity index (χ4v) is 1.31. The molecule has 1 atom stereocenters. The first-order chi connectivity index (χ1) is 7.70. The molecule has 0 saturated heterocycles. The zero-order valence-electron chi connectivity index (χ0n) is 8.30. The molecule has 0 aliphatic carbocycles. The van der Waals surface area contributed by atoms with Gasteiger partial charge in [-0.1, -0.05) is 16.8 Å². The van der Waals surface area contributed by atoms with E-state index >= 15 is 0 Å². The van der Waals surface area contributed by atoms with Crippen molar-refractivity contribution in [2.75, 3.05) is 6.54 Å². The predicted molar refractivity (Wildman–Crippen MR) is 58.8 cm³/mol. The Morgan fingerprint density at radius 3 is 2.69 bits per heavy atom. The van der Waals surface area contributed by atoms with Crippen LogP contribution in [0.2, 0.25) is 5.02 Å². The normalized spacial score (nSPS) is 12.7. The maximum absolute atomic E-state index is 9.39. The molecular formula is C10H10ClN3O2. The number of nitrogens with two attached hydrogens (primary N) is 1. The van der Waals surface area contributed by atoms with Gasteiger partial charge in [0.25, 0.3) is 5.89 Å². The summed E-state index contributed by atoms with van der Waals surface area (Å²) >= 11 is 5.76. The van der Waals surface area contributed by atoms with Gasteiger partial charge in [-0.3, -0.25) is 0 Å². The van der Waals surface area contributed by atoms with E-state index < -0.39 is 6.10 Å². The highest BCUT2D eigenvalue weighted by Gasteiger charge is 2.14. The Bertz CT molecular complexity index is 469. The molecule has 6 heteroatoms. The van der Waals surface area contributed by atoms with Crippen LogP contribution in [0.5, 0.6) is 0 Å². The molecule has 0 aliphatic heterocycles. The van der Waals surface area contributed by atoms with Crippen molar-refractivity contribution in [3.63, 3.8) is 0 Å². The minimum Gasteiger partial charge on any atom is -0.382 e. The van der Waals surface area contributed by atoms with Crippen molar-refractivity contribution < 1.29 is 9.63 Å². The lowest BCUT2D eigenvalue weighted by Crippen LogP contribution is -2.11. The maximum atomic E-state index is 9.39. The monoisotopic (exact) mass is 239 g/mol. The van der Waals surface area contributed by atoms with Gasteiger partial charge in [0, 0.05) is 17.1 Å². The predicted octanol–water partition coefficient (Wildman–Crippen LogP) is 1.38. The highest BCUT2D eigenvalue weighted by atomic mass is 35.5. The van der Waals surface area contributed by atoms with E-state index in [0.29, 0.717) is 10.8 Å². The minimum atomic E-state index is -0.923. The van der Waals surface area contributed by atoms with Gasteiger partial charge < -0.3 is 15.4 Å². The quantitative estimate of drug-likeness (QED) is 0.845. The lowest BCUT2D eigenvalue weighted by molar-refractivity contribution is 0.141. The third-order valence-electron chi connectivity index (χ3n) is 2.05. The molecule has 0 aliphatic rings. The average molecular weight is 240 g/mol. The van der Waals surface area contributed by atoms with Crippen LogP contribution in [0.4, 0.5) is 0 Å². The van der Waals surface area contributed by atoms with E-state index in [0.717, 1.165) is 5.56 Å². The van der Waals surface area contributed by atoms with Crippen LogP contribution in [0.1, 0.15) is 12.0 Å². The molecule has 1 unspecified atom stereocenters. The summed E-state index contributed by atoms with van der Waals surface area (Å²) < 4.78 is 4.88. The molecule has 2 aromatic rings. The van der Waals surface area contributed by atoms with Crippen molar-refractivity contribution in [2.24, 2.45) is 5.73 Å². The summed E-state index contributed by atoms with van der Waals surface area (Å²) in [7, 11) is 0. The summed E-state index contributed by atoms with van der Waals surface area (Å²) in [6.07, 6.45) is -0.923. The second-order valence-corrected chi connectivity index (χ2v) is 3.65. The summed E-state index contributed by atoms with van der Waals surface area (Å²) in [6, 6.07) is 7.00. The van der Waals surface area contributed by atoms with E-state index in [1.54, 1.807) is 24.3 Å². The van der Waals surface area contributed by atoms with Gasteiger partial charge in [-0.05, 0) is 24.3 Å². The van der Waals surface area contributed by atoms with Gasteiger partial charge in [-0.15, -0.1) is 0 Å². The molecule has 0 radical (unpaired) electrons. The first-order valence-electron chi connectivity index (χ1n) is 4.68. The smallest absolute Gasteiger partial charge is 0.257 e. The van der Waals surface area contributed by atoms with Crippen LogP contribution >= 0.6 is 11.6 Å². The number of nitrogens with zero attached hydrogens (tertiary/aromatic N) is 2. The number of hydrogen-bond donors (Lipinski definition) is 2. The van der Waals surface area contributed by atoms with Gasteiger partial charge in [0.15, 0.2) is 0 Å². The lowest BCUT2D eigenvalue weighted by Gasteiger charge is -1.98. The topological polar surface area (TPSA) is 85.2 Å². The van der Waals surface area contributed by atoms with Gasteiger partial charge in [-0.25, -0.2) is 0 Å². The standard InChI is InChI=1S/C10H10ClN3O2/c11-7-3-1-6(2-4-7)9-13-10(16-14-9)8(15)5-12/h1-4,8,15H,5,12H2. The van der Waals surface area contributed by atoms with E-state index in [4.69, 9.17) is 21.9 Å². The summed E-state index contributed by atoms with van der Waals surface area (Å²) in [5, 5.41) is 13.8. The van der Waals surface area contributed by atoms with Crippen LogP contribution in [0, 0.1) is 0 Å². The van der Waals surface area contributed by atoms with Crippen LogP contribution in [-0.4, -0.2) is 21.8 Å². The number of rotatable bonds is 3. The Morgan fingerprint density at radius 1 is 1.38 bits per heavy atom. The largest absolute Gasteiger partial charge is 0.382 e. The van der Waals surface area contributed by atoms with E-state index in [-0.39, 0.29) is 12.4 Å². The molecule has 5 nitrogen and oxygen atoms in total. The zero-order valence-corrected chi connectivity index (χ0v) is 9.05. The van der Waals surface area contributed by atoms with E-state index in [2.05, 4.69) is 10.1 Å². The molecule has 3 N–H and O–H groups in total. The van der Waals surface area contributed by atoms with E-state index in [1.807, 2.05) is 0 Å². The number of benzene rings is 1. The van der Waals surface area contributed by atoms with Crippen LogP contribution in [0.15, 0.2) is 28.8 Å². The Balaban J connectivity index is 2.28. The molecule has 0 spiro atoms. The number of aliphatic hydroxyl groups is 1. The minimum absolute atomic E-state index is 0.0439. The van der Waals surface area contributed by atoms with Crippen LogP contribution < -0.4 is 5.73 Å². The zero-order chi connectivity index (χ0) is 11.5. The summed E-state index contributed by atoms with van der Waals surface area (Å²) in [5.41, 5.74) is 6.04. The van der Waals surface area contributed by atoms with E-state index in [1.165, 1.54) is 0 Å². The third-order valence-corrected chi connectivity index (χ3v) is 2.30. The Morgan fingerprint density at radius 2 is 2.06 bits per heavy atom. The van der Waals surface area contributed by atoms with Gasteiger partial charge in [-0.2, -0.15) is 4.98 Å². The summed E-state index contributed by atoms with van der Waals surface area (Å²) in [5.74, 6) is 0.520. The number of aromatic nitrogens is 2. The Kier molecular flexibility index (Phi) is 3.19. The Labute approximate surface area is 96.8 Å². The average Bonchev–Trinajstić information content (AvgIpc) is 2.78. The molecule has 0 fully saturated rings. The number of aliphatic hydroxyl groups excluding tert-OH is 1. The molecule has 0 amide bonds. The second-order valence-electron chi connectivity index (χ2n) is 3.21. The first kappa shape index (κ1) is 11.1. The molecule has 1 heterocycles. The first-order valence-corrected chi connectivity index (χ1v) is 5.06. The van der Waals surface area contributed by atoms with Crippen molar-refractivity contribution in [2.45, 2.75) is 6.10 Å². The molecule has 1 aromatic heterocycles. The van der Waals surface area contributed by atoms with Crippen molar-refractivity contribution >= 4 is 11.6 Å². The van der Waals surface area contributed by atoms with Crippen molar-refractivity contribution in [1.82, 2.24) is 10.1 Å². The third kappa shape index (κ3) is 2.21. The molecular weight excluding hydrogens is 230 g/mol. The maximum Gasteiger partial charge on any atom is 0.257 e. The van der Waals surface area contributed by atoms with Gasteiger partial charge in [0.05, 0.1) is 0 Å². The van der Waals surface area contributed by atoms with Crippen molar-refractivity contribution in [3.05, 3.63) is 35.2 Å². The van der Waals surface area contributed by atoms with Crippen LogP contribution in [0.25, 0.3) is 11.4 Å². The van der Waals surface area contributed by atoms with Gasteiger partial charge in [0.2, 0.25) is 5.82 Å². The fraction of sp³-hybridized carbons (Fsp3) is 0.200. The summed E-state index contributed by atoms with van der Waals surface area (Å²) in [6.45, 7) is 0.0439. The Hall–Kier alpha value is -1.43. The van der Waals surface area contributed by atoms with E-state index in [9.17, 15) is 5.11 Å². The van der Waals surface area contributed by atoms with Gasteiger partial charge in [0.1, 0.15) is 6.10 Å².